The predicted molar refractivity (Wildman–Crippen MR) is 183 cm³/mol. The Kier molecular flexibility index (Phi) is 11.8. The number of carbonyl (C=O) groups excluding carboxylic acids is 2. The van der Waals surface area contributed by atoms with Crippen molar-refractivity contribution in [1.29, 1.82) is 0 Å². The smallest absolute Gasteiger partial charge is 0.264 e. The largest absolute Gasteiger partial charge is 0.497 e. The summed E-state index contributed by atoms with van der Waals surface area (Å²) in [7, 11) is -2.68. The van der Waals surface area contributed by atoms with Crippen molar-refractivity contribution in [3.8, 4) is 5.75 Å². The van der Waals surface area contributed by atoms with E-state index in [2.05, 4.69) is 5.32 Å². The standard InChI is InChI=1S/C36H40ClN3O5S/c1-5-27(3)38-36(42)34(23-28-9-7-6-8-10-28)39(24-29-13-15-30(37)16-14-29)35(41)25-40(31-17-19-32(45-4)20-18-31)46(43,44)33-21-11-26(2)12-22-33/h6-22,27,34H,5,23-25H2,1-4H3,(H,38,42)/t27-,34-/m0/s1. The maximum Gasteiger partial charge on any atom is 0.264 e. The first kappa shape index (κ1) is 34.5. The Morgan fingerprint density at radius 1 is 0.870 bits per heavy atom. The van der Waals surface area contributed by atoms with Gasteiger partial charge in [-0.15, -0.1) is 0 Å². The van der Waals surface area contributed by atoms with Crippen LogP contribution in [0.4, 0.5) is 5.69 Å². The van der Waals surface area contributed by atoms with Crippen molar-refractivity contribution in [3.05, 3.63) is 125 Å². The van der Waals surface area contributed by atoms with Crippen LogP contribution >= 0.6 is 11.6 Å². The molecule has 0 spiro atoms. The molecular weight excluding hydrogens is 622 g/mol. The number of sulfonamides is 1. The molecule has 0 fully saturated rings. The number of nitrogens with one attached hydrogen (secondary N) is 1. The van der Waals surface area contributed by atoms with Gasteiger partial charge in [0, 0.05) is 24.0 Å². The number of aryl methyl sites for hydroxylation is 1. The maximum absolute atomic E-state index is 14.5. The van der Waals surface area contributed by atoms with Gasteiger partial charge < -0.3 is 15.0 Å². The van der Waals surface area contributed by atoms with Crippen LogP contribution in [0.5, 0.6) is 5.75 Å². The normalized spacial score (nSPS) is 12.5. The van der Waals surface area contributed by atoms with Crippen LogP contribution in [-0.2, 0) is 32.6 Å². The van der Waals surface area contributed by atoms with Gasteiger partial charge in [-0.05, 0) is 79.9 Å². The first-order valence-electron chi connectivity index (χ1n) is 15.1. The Hall–Kier alpha value is -4.34. The van der Waals surface area contributed by atoms with E-state index >= 15 is 0 Å². The van der Waals surface area contributed by atoms with Crippen LogP contribution < -0.4 is 14.4 Å². The average molecular weight is 662 g/mol. The molecule has 242 valence electrons. The lowest BCUT2D eigenvalue weighted by molar-refractivity contribution is -0.140. The molecule has 0 aromatic heterocycles. The molecule has 4 aromatic carbocycles. The molecule has 0 radical (unpaired) electrons. The van der Waals surface area contributed by atoms with Gasteiger partial charge in [0.1, 0.15) is 18.3 Å². The number of amides is 2. The summed E-state index contributed by atoms with van der Waals surface area (Å²) in [4.78, 5) is 30.0. The molecule has 46 heavy (non-hydrogen) atoms. The van der Waals surface area contributed by atoms with Crippen LogP contribution in [0.2, 0.25) is 5.02 Å². The zero-order valence-corrected chi connectivity index (χ0v) is 28.1. The van der Waals surface area contributed by atoms with E-state index in [4.69, 9.17) is 16.3 Å². The Morgan fingerprint density at radius 2 is 1.50 bits per heavy atom. The van der Waals surface area contributed by atoms with E-state index in [0.717, 1.165) is 21.0 Å². The molecule has 10 heteroatoms. The molecule has 0 saturated heterocycles. The van der Waals surface area contributed by atoms with Crippen molar-refractivity contribution in [1.82, 2.24) is 10.2 Å². The lowest BCUT2D eigenvalue weighted by atomic mass is 10.0. The topological polar surface area (TPSA) is 96.0 Å². The molecule has 1 N–H and O–H groups in total. The fraction of sp³-hybridized carbons (Fsp3) is 0.278. The summed E-state index contributed by atoms with van der Waals surface area (Å²) in [6.07, 6.45) is 0.935. The number of benzene rings is 4. The summed E-state index contributed by atoms with van der Waals surface area (Å²) >= 11 is 6.15. The Balaban J connectivity index is 1.80. The highest BCUT2D eigenvalue weighted by Crippen LogP contribution is 2.27. The number of hydrogen-bond acceptors (Lipinski definition) is 5. The van der Waals surface area contributed by atoms with Crippen LogP contribution in [0.25, 0.3) is 0 Å². The number of hydrogen-bond donors (Lipinski definition) is 1. The lowest BCUT2D eigenvalue weighted by Gasteiger charge is -2.34. The van der Waals surface area contributed by atoms with E-state index in [-0.39, 0.29) is 35.5 Å². The third-order valence-electron chi connectivity index (χ3n) is 7.79. The van der Waals surface area contributed by atoms with E-state index in [1.807, 2.05) is 51.1 Å². The van der Waals surface area contributed by atoms with Crippen molar-refractivity contribution in [2.75, 3.05) is 18.0 Å². The number of anilines is 1. The fourth-order valence-electron chi connectivity index (χ4n) is 4.90. The van der Waals surface area contributed by atoms with Gasteiger partial charge in [0.2, 0.25) is 11.8 Å². The van der Waals surface area contributed by atoms with E-state index in [9.17, 15) is 18.0 Å². The third kappa shape index (κ3) is 8.89. The molecule has 2 amide bonds. The van der Waals surface area contributed by atoms with E-state index in [0.29, 0.717) is 17.2 Å². The SMILES string of the molecule is CC[C@H](C)NC(=O)[C@H](Cc1ccccc1)N(Cc1ccc(Cl)cc1)C(=O)CN(c1ccc(OC)cc1)S(=O)(=O)c1ccc(C)cc1. The molecule has 4 rings (SSSR count). The average Bonchev–Trinajstić information content (AvgIpc) is 3.06. The molecule has 0 aliphatic heterocycles. The van der Waals surface area contributed by atoms with Gasteiger partial charge in [-0.3, -0.25) is 13.9 Å². The lowest BCUT2D eigenvalue weighted by Crippen LogP contribution is -2.54. The molecule has 0 saturated carbocycles. The van der Waals surface area contributed by atoms with Crippen LogP contribution in [0.1, 0.15) is 37.0 Å². The summed E-state index contributed by atoms with van der Waals surface area (Å²) < 4.78 is 34.7. The van der Waals surface area contributed by atoms with Crippen molar-refractivity contribution >= 4 is 39.1 Å². The number of halogens is 1. The van der Waals surface area contributed by atoms with E-state index < -0.39 is 28.5 Å². The minimum atomic E-state index is -4.20. The quantitative estimate of drug-likeness (QED) is 0.169. The first-order chi connectivity index (χ1) is 22.0. The zero-order valence-electron chi connectivity index (χ0n) is 26.5. The Morgan fingerprint density at radius 3 is 2.09 bits per heavy atom. The molecule has 0 bridgehead atoms. The molecule has 0 aliphatic rings. The van der Waals surface area contributed by atoms with Gasteiger partial charge in [0.05, 0.1) is 17.7 Å². The number of ether oxygens (including phenoxy) is 1. The molecule has 4 aromatic rings. The molecule has 8 nitrogen and oxygen atoms in total. The predicted octanol–water partition coefficient (Wildman–Crippen LogP) is 6.41. The Labute approximate surface area is 277 Å². The maximum atomic E-state index is 14.5. The van der Waals surface area contributed by atoms with Crippen LogP contribution in [0.3, 0.4) is 0 Å². The van der Waals surface area contributed by atoms with E-state index in [1.54, 1.807) is 60.7 Å². The van der Waals surface area contributed by atoms with Gasteiger partial charge in [-0.25, -0.2) is 8.42 Å². The van der Waals surface area contributed by atoms with Crippen LogP contribution in [0.15, 0.2) is 108 Å². The second-order valence-corrected chi connectivity index (χ2v) is 13.5. The van der Waals surface area contributed by atoms with Gasteiger partial charge >= 0.3 is 0 Å². The monoisotopic (exact) mass is 661 g/mol. The van der Waals surface area contributed by atoms with Gasteiger partial charge in [-0.2, -0.15) is 0 Å². The van der Waals surface area contributed by atoms with Crippen molar-refractivity contribution in [3.63, 3.8) is 0 Å². The number of carbonyl (C=O) groups is 2. The van der Waals surface area contributed by atoms with Crippen molar-refractivity contribution in [2.24, 2.45) is 0 Å². The molecule has 0 unspecified atom stereocenters. The van der Waals surface area contributed by atoms with Crippen molar-refractivity contribution < 1.29 is 22.7 Å². The number of rotatable bonds is 14. The molecule has 0 heterocycles. The third-order valence-corrected chi connectivity index (χ3v) is 9.83. The summed E-state index contributed by atoms with van der Waals surface area (Å²) in [5, 5.41) is 3.57. The van der Waals surface area contributed by atoms with E-state index in [1.165, 1.54) is 24.1 Å². The number of nitrogens with zero attached hydrogens (tertiary/aromatic N) is 2. The zero-order chi connectivity index (χ0) is 33.3. The first-order valence-corrected chi connectivity index (χ1v) is 16.9. The van der Waals surface area contributed by atoms with Crippen LogP contribution in [-0.4, -0.2) is 50.9 Å². The molecule has 0 aliphatic carbocycles. The Bertz CT molecular complexity index is 1700. The van der Waals surface area contributed by atoms with Gasteiger partial charge in [0.25, 0.3) is 10.0 Å². The van der Waals surface area contributed by atoms with Crippen molar-refractivity contribution in [2.45, 2.75) is 57.1 Å². The summed E-state index contributed by atoms with van der Waals surface area (Å²) in [5.74, 6) is -0.323. The summed E-state index contributed by atoms with van der Waals surface area (Å²) in [6.45, 7) is 5.26. The minimum Gasteiger partial charge on any atom is -0.497 e. The molecular formula is C36H40ClN3O5S. The number of methoxy groups -OCH3 is 1. The highest BCUT2D eigenvalue weighted by Gasteiger charge is 2.35. The molecule has 2 atom stereocenters. The highest BCUT2D eigenvalue weighted by molar-refractivity contribution is 7.92. The van der Waals surface area contributed by atoms with Crippen LogP contribution in [0, 0.1) is 6.92 Å². The summed E-state index contributed by atoms with van der Waals surface area (Å²) in [6, 6.07) is 28.3. The highest BCUT2D eigenvalue weighted by atomic mass is 35.5. The minimum absolute atomic E-state index is 0.0429. The fourth-order valence-corrected chi connectivity index (χ4v) is 6.44. The second-order valence-electron chi connectivity index (χ2n) is 11.2. The van der Waals surface area contributed by atoms with Gasteiger partial charge in [-0.1, -0.05) is 78.7 Å². The van der Waals surface area contributed by atoms with Gasteiger partial charge in [0.15, 0.2) is 0 Å². The second kappa shape index (κ2) is 15.8. The summed E-state index contributed by atoms with van der Waals surface area (Å²) in [5.41, 5.74) is 2.78.